The molecule has 5 rings (SSSR count). The summed E-state index contributed by atoms with van der Waals surface area (Å²) >= 11 is 6.65. The van der Waals surface area contributed by atoms with Crippen molar-refractivity contribution in [1.29, 1.82) is 0 Å². The highest BCUT2D eigenvalue weighted by Crippen LogP contribution is 2.43. The average Bonchev–Trinajstić information content (AvgIpc) is 3.08. The number of nitrogens with two attached hydrogens (primary N) is 1. The summed E-state index contributed by atoms with van der Waals surface area (Å²) in [5, 5.41) is 10.6. The van der Waals surface area contributed by atoms with Gasteiger partial charge in [-0.1, -0.05) is 23.7 Å². The van der Waals surface area contributed by atoms with E-state index in [1.807, 2.05) is 12.1 Å². The van der Waals surface area contributed by atoms with Crippen LogP contribution in [0.5, 0.6) is 5.75 Å². The first kappa shape index (κ1) is 20.9. The zero-order valence-corrected chi connectivity index (χ0v) is 18.6. The molecule has 7 nitrogen and oxygen atoms in total. The van der Waals surface area contributed by atoms with Crippen LogP contribution in [0.3, 0.4) is 0 Å². The van der Waals surface area contributed by atoms with Gasteiger partial charge in [-0.15, -0.1) is 0 Å². The number of benzene rings is 1. The smallest absolute Gasteiger partial charge is 0.152 e. The molecule has 0 radical (unpaired) electrons. The molecular weight excluding hydrogens is 416 g/mol. The van der Waals surface area contributed by atoms with Crippen LogP contribution in [0.1, 0.15) is 37.4 Å². The van der Waals surface area contributed by atoms with Crippen LogP contribution in [-0.2, 0) is 17.8 Å². The Morgan fingerprint density at radius 2 is 2.13 bits per heavy atom. The SMILES string of the molecule is C[C@@H]1OCC2(CCN(c3ncc(-c4ccc5c(c4Cl)OCCC5)nc3CO)CC2)[C@@H]1N. The van der Waals surface area contributed by atoms with Crippen molar-refractivity contribution in [2.45, 2.75) is 51.4 Å². The van der Waals surface area contributed by atoms with Crippen LogP contribution in [0.4, 0.5) is 5.82 Å². The highest BCUT2D eigenvalue weighted by atomic mass is 35.5. The molecule has 3 aliphatic heterocycles. The van der Waals surface area contributed by atoms with Crippen LogP contribution in [0.25, 0.3) is 11.3 Å². The summed E-state index contributed by atoms with van der Waals surface area (Å²) in [5.74, 6) is 1.47. The van der Waals surface area contributed by atoms with E-state index in [4.69, 9.17) is 36.8 Å². The van der Waals surface area contributed by atoms with Crippen LogP contribution in [0.15, 0.2) is 18.3 Å². The quantitative estimate of drug-likeness (QED) is 0.751. The van der Waals surface area contributed by atoms with E-state index in [0.717, 1.165) is 68.1 Å². The number of nitrogens with zero attached hydrogens (tertiary/aromatic N) is 3. The predicted molar refractivity (Wildman–Crippen MR) is 119 cm³/mol. The highest BCUT2D eigenvalue weighted by Gasteiger charge is 2.47. The molecule has 0 aliphatic carbocycles. The molecule has 1 aromatic carbocycles. The minimum absolute atomic E-state index is 0.0410. The van der Waals surface area contributed by atoms with E-state index in [1.54, 1.807) is 6.20 Å². The minimum atomic E-state index is -0.184. The third-order valence-corrected chi connectivity index (χ3v) is 7.54. The molecule has 1 spiro atoms. The van der Waals surface area contributed by atoms with Gasteiger partial charge in [-0.3, -0.25) is 0 Å². The maximum Gasteiger partial charge on any atom is 0.152 e. The van der Waals surface area contributed by atoms with Crippen LogP contribution in [0, 0.1) is 5.41 Å². The number of piperidine rings is 1. The summed E-state index contributed by atoms with van der Waals surface area (Å²) < 4.78 is 11.6. The first-order valence-electron chi connectivity index (χ1n) is 11.1. The second-order valence-corrected chi connectivity index (χ2v) is 9.32. The van der Waals surface area contributed by atoms with E-state index in [2.05, 4.69) is 11.8 Å². The van der Waals surface area contributed by atoms with Crippen molar-refractivity contribution in [1.82, 2.24) is 9.97 Å². The van der Waals surface area contributed by atoms with E-state index < -0.39 is 0 Å². The zero-order chi connectivity index (χ0) is 21.6. The molecule has 2 aromatic rings. The van der Waals surface area contributed by atoms with Crippen LogP contribution in [0.2, 0.25) is 5.02 Å². The molecule has 0 amide bonds. The molecule has 0 bridgehead atoms. The molecule has 0 unspecified atom stereocenters. The molecule has 31 heavy (non-hydrogen) atoms. The molecule has 2 atom stereocenters. The summed E-state index contributed by atoms with van der Waals surface area (Å²) in [6, 6.07) is 4.07. The first-order chi connectivity index (χ1) is 15.0. The van der Waals surface area contributed by atoms with Crippen LogP contribution >= 0.6 is 11.6 Å². The molecule has 3 aliphatic rings. The van der Waals surface area contributed by atoms with Gasteiger partial charge in [-0.25, -0.2) is 9.97 Å². The first-order valence-corrected chi connectivity index (χ1v) is 11.4. The highest BCUT2D eigenvalue weighted by molar-refractivity contribution is 6.34. The molecule has 3 N–H and O–H groups in total. The Hall–Kier alpha value is -1.93. The topological polar surface area (TPSA) is 93.7 Å². The van der Waals surface area contributed by atoms with Crippen molar-refractivity contribution in [3.63, 3.8) is 0 Å². The second-order valence-electron chi connectivity index (χ2n) is 8.94. The number of aliphatic hydroxyl groups excluding tert-OH is 1. The monoisotopic (exact) mass is 444 g/mol. The summed E-state index contributed by atoms with van der Waals surface area (Å²) in [6.07, 6.45) is 5.69. The lowest BCUT2D eigenvalue weighted by molar-refractivity contribution is 0.0973. The fourth-order valence-corrected chi connectivity index (χ4v) is 5.48. The standard InChI is InChI=1S/C23H29ClN4O3/c1-14-21(25)23(13-31-14)6-8-28(9-7-23)22-18(12-29)27-17(11-26-22)16-5-4-15-3-2-10-30-20(15)19(16)24/h4-5,11,14,21,29H,2-3,6-10,12-13,25H2,1H3/t14-,21+/m0/s1. The number of halogens is 1. The summed E-state index contributed by atoms with van der Waals surface area (Å²) in [5.41, 5.74) is 9.58. The van der Waals surface area contributed by atoms with E-state index >= 15 is 0 Å². The summed E-state index contributed by atoms with van der Waals surface area (Å²) in [6.45, 7) is 4.90. The van der Waals surface area contributed by atoms with E-state index in [1.165, 1.54) is 0 Å². The van der Waals surface area contributed by atoms with Gasteiger partial charge in [0.15, 0.2) is 5.82 Å². The molecule has 0 saturated carbocycles. The molecule has 166 valence electrons. The Morgan fingerprint density at radius 3 is 2.84 bits per heavy atom. The zero-order valence-electron chi connectivity index (χ0n) is 17.8. The van der Waals surface area contributed by atoms with Crippen LogP contribution in [-0.4, -0.2) is 53.5 Å². The third-order valence-electron chi connectivity index (χ3n) is 7.17. The largest absolute Gasteiger partial charge is 0.492 e. The number of hydrogen-bond acceptors (Lipinski definition) is 7. The fraction of sp³-hybridized carbons (Fsp3) is 0.565. The summed E-state index contributed by atoms with van der Waals surface area (Å²) in [4.78, 5) is 11.6. The van der Waals surface area contributed by atoms with Gasteiger partial charge in [-0.05, 0) is 38.2 Å². The molecule has 2 fully saturated rings. The third kappa shape index (κ3) is 3.57. The maximum absolute atomic E-state index is 10.0. The van der Waals surface area contributed by atoms with Gasteiger partial charge in [0.25, 0.3) is 0 Å². The van der Waals surface area contributed by atoms with Gasteiger partial charge in [0, 0.05) is 30.1 Å². The number of ether oxygens (including phenoxy) is 2. The van der Waals surface area contributed by atoms with Crippen molar-refractivity contribution in [3.05, 3.63) is 34.6 Å². The van der Waals surface area contributed by atoms with Crippen LogP contribution < -0.4 is 15.4 Å². The van der Waals surface area contributed by atoms with E-state index in [0.29, 0.717) is 23.0 Å². The number of fused-ring (bicyclic) bond motifs is 1. The molecule has 2 saturated heterocycles. The van der Waals surface area contributed by atoms with E-state index in [-0.39, 0.29) is 24.2 Å². The predicted octanol–water partition coefficient (Wildman–Crippen LogP) is 2.95. The van der Waals surface area contributed by atoms with Gasteiger partial charge < -0.3 is 25.2 Å². The molecule has 4 heterocycles. The number of aliphatic hydroxyl groups is 1. The normalized spacial score (nSPS) is 24.8. The fourth-order valence-electron chi connectivity index (χ4n) is 5.14. The van der Waals surface area contributed by atoms with Gasteiger partial charge in [-0.2, -0.15) is 0 Å². The Bertz CT molecular complexity index is 978. The Labute approximate surface area is 187 Å². The number of hydrogen-bond donors (Lipinski definition) is 2. The van der Waals surface area contributed by atoms with Crippen molar-refractivity contribution in [2.24, 2.45) is 11.1 Å². The maximum atomic E-state index is 10.0. The number of anilines is 1. The average molecular weight is 445 g/mol. The van der Waals surface area contributed by atoms with Gasteiger partial charge in [0.1, 0.15) is 11.4 Å². The minimum Gasteiger partial charge on any atom is -0.492 e. The molecule has 1 aromatic heterocycles. The number of rotatable bonds is 3. The molecule has 8 heteroatoms. The van der Waals surface area contributed by atoms with Gasteiger partial charge >= 0.3 is 0 Å². The van der Waals surface area contributed by atoms with Crippen molar-refractivity contribution in [2.75, 3.05) is 31.2 Å². The van der Waals surface area contributed by atoms with Gasteiger partial charge in [0.2, 0.25) is 0 Å². The van der Waals surface area contributed by atoms with Crippen molar-refractivity contribution in [3.8, 4) is 17.0 Å². The lowest BCUT2D eigenvalue weighted by atomic mass is 9.73. The summed E-state index contributed by atoms with van der Waals surface area (Å²) in [7, 11) is 0. The number of aromatic nitrogens is 2. The van der Waals surface area contributed by atoms with Crippen molar-refractivity contribution < 1.29 is 14.6 Å². The Kier molecular flexibility index (Phi) is 5.54. The second kappa shape index (κ2) is 8.20. The van der Waals surface area contributed by atoms with Crippen molar-refractivity contribution >= 4 is 17.4 Å². The lowest BCUT2D eigenvalue weighted by Crippen LogP contribution is -2.51. The molecular formula is C23H29ClN4O3. The van der Waals surface area contributed by atoms with E-state index in [9.17, 15) is 5.11 Å². The Balaban J connectivity index is 1.39. The van der Waals surface area contributed by atoms with Gasteiger partial charge in [0.05, 0.1) is 42.8 Å². The lowest BCUT2D eigenvalue weighted by Gasteiger charge is -2.41. The Morgan fingerprint density at radius 1 is 1.32 bits per heavy atom. The number of aryl methyl sites for hydroxylation is 1.